The van der Waals surface area contributed by atoms with Gasteiger partial charge in [0.2, 0.25) is 5.91 Å². The molecule has 1 heterocycles. The highest BCUT2D eigenvalue weighted by Crippen LogP contribution is 2.09. The molecule has 0 bridgehead atoms. The van der Waals surface area contributed by atoms with Crippen LogP contribution in [-0.4, -0.2) is 47.6 Å². The molecule has 0 aromatic heterocycles. The fourth-order valence-corrected chi connectivity index (χ4v) is 1.67. The summed E-state index contributed by atoms with van der Waals surface area (Å²) in [5, 5.41) is 11.4. The Morgan fingerprint density at radius 1 is 1.73 bits per heavy atom. The van der Waals surface area contributed by atoms with Crippen LogP contribution in [0.15, 0.2) is 12.7 Å². The van der Waals surface area contributed by atoms with E-state index in [0.29, 0.717) is 19.6 Å². The molecular formula is C10H16N2O3. The normalized spacial score (nSPS) is 22.1. The lowest BCUT2D eigenvalue weighted by molar-refractivity contribution is -0.143. The monoisotopic (exact) mass is 212 g/mol. The van der Waals surface area contributed by atoms with Crippen molar-refractivity contribution in [2.45, 2.75) is 18.9 Å². The van der Waals surface area contributed by atoms with Crippen LogP contribution in [0, 0.1) is 0 Å². The van der Waals surface area contributed by atoms with Gasteiger partial charge in [-0.05, 0) is 6.42 Å². The van der Waals surface area contributed by atoms with Gasteiger partial charge in [0.15, 0.2) is 0 Å². The second-order valence-corrected chi connectivity index (χ2v) is 3.52. The predicted molar refractivity (Wildman–Crippen MR) is 55.4 cm³/mol. The minimum absolute atomic E-state index is 0.136. The van der Waals surface area contributed by atoms with E-state index in [1.165, 1.54) is 0 Å². The van der Waals surface area contributed by atoms with E-state index in [2.05, 4.69) is 11.9 Å². The van der Waals surface area contributed by atoms with Gasteiger partial charge in [-0.2, -0.15) is 0 Å². The SMILES string of the molecule is C=CCCN1CCNC(=O)C1CC(=O)O. The molecule has 15 heavy (non-hydrogen) atoms. The van der Waals surface area contributed by atoms with Crippen LogP contribution < -0.4 is 5.32 Å². The molecule has 5 nitrogen and oxygen atoms in total. The van der Waals surface area contributed by atoms with Crippen LogP contribution >= 0.6 is 0 Å². The van der Waals surface area contributed by atoms with Crippen LogP contribution in [0.2, 0.25) is 0 Å². The smallest absolute Gasteiger partial charge is 0.305 e. The van der Waals surface area contributed by atoms with Crippen LogP contribution in [0.1, 0.15) is 12.8 Å². The molecule has 0 aromatic carbocycles. The minimum Gasteiger partial charge on any atom is -0.481 e. The highest BCUT2D eigenvalue weighted by Gasteiger charge is 2.30. The van der Waals surface area contributed by atoms with Crippen molar-refractivity contribution in [2.24, 2.45) is 0 Å². The number of carbonyl (C=O) groups is 2. The van der Waals surface area contributed by atoms with Gasteiger partial charge in [-0.3, -0.25) is 14.5 Å². The van der Waals surface area contributed by atoms with Crippen molar-refractivity contribution in [1.29, 1.82) is 0 Å². The second kappa shape index (κ2) is 5.50. The Bertz CT molecular complexity index is 265. The Hall–Kier alpha value is -1.36. The van der Waals surface area contributed by atoms with Gasteiger partial charge in [0.1, 0.15) is 0 Å². The van der Waals surface area contributed by atoms with Crippen molar-refractivity contribution in [3.63, 3.8) is 0 Å². The predicted octanol–water partition coefficient (Wildman–Crippen LogP) is -0.162. The number of carboxylic acid groups (broad SMARTS) is 1. The molecule has 2 N–H and O–H groups in total. The summed E-state index contributed by atoms with van der Waals surface area (Å²) in [5.74, 6) is -1.13. The number of hydrogen-bond donors (Lipinski definition) is 2. The lowest BCUT2D eigenvalue weighted by Gasteiger charge is -2.33. The van der Waals surface area contributed by atoms with E-state index < -0.39 is 12.0 Å². The molecule has 0 spiro atoms. The number of nitrogens with zero attached hydrogens (tertiary/aromatic N) is 1. The van der Waals surface area contributed by atoms with Gasteiger partial charge in [-0.1, -0.05) is 6.08 Å². The van der Waals surface area contributed by atoms with Crippen LogP contribution in [0.5, 0.6) is 0 Å². The van der Waals surface area contributed by atoms with Gasteiger partial charge in [0.25, 0.3) is 0 Å². The lowest BCUT2D eigenvalue weighted by Crippen LogP contribution is -2.55. The molecule has 84 valence electrons. The number of carboxylic acids is 1. The van der Waals surface area contributed by atoms with E-state index >= 15 is 0 Å². The quantitative estimate of drug-likeness (QED) is 0.621. The zero-order valence-electron chi connectivity index (χ0n) is 8.61. The number of amides is 1. The first-order valence-corrected chi connectivity index (χ1v) is 4.99. The molecular weight excluding hydrogens is 196 g/mol. The second-order valence-electron chi connectivity index (χ2n) is 3.52. The Kier molecular flexibility index (Phi) is 4.30. The number of carbonyl (C=O) groups excluding carboxylic acids is 1. The maximum absolute atomic E-state index is 11.5. The number of hydrogen-bond acceptors (Lipinski definition) is 3. The van der Waals surface area contributed by atoms with Gasteiger partial charge in [-0.15, -0.1) is 6.58 Å². The van der Waals surface area contributed by atoms with E-state index in [-0.39, 0.29) is 12.3 Å². The van der Waals surface area contributed by atoms with Gasteiger partial charge < -0.3 is 10.4 Å². The molecule has 0 saturated carbocycles. The summed E-state index contributed by atoms with van der Waals surface area (Å²) in [6.45, 7) is 5.59. The fraction of sp³-hybridized carbons (Fsp3) is 0.600. The molecule has 1 aliphatic heterocycles. The van der Waals surface area contributed by atoms with E-state index in [9.17, 15) is 9.59 Å². The summed E-state index contributed by atoms with van der Waals surface area (Å²) in [4.78, 5) is 24.0. The Morgan fingerprint density at radius 2 is 2.47 bits per heavy atom. The van der Waals surface area contributed by atoms with Crippen molar-refractivity contribution in [2.75, 3.05) is 19.6 Å². The van der Waals surface area contributed by atoms with Gasteiger partial charge in [-0.25, -0.2) is 0 Å². The van der Waals surface area contributed by atoms with Gasteiger partial charge in [0.05, 0.1) is 12.5 Å². The van der Waals surface area contributed by atoms with E-state index in [1.807, 2.05) is 4.90 Å². The third kappa shape index (κ3) is 3.36. The topological polar surface area (TPSA) is 69.6 Å². The molecule has 5 heteroatoms. The molecule has 1 atom stereocenters. The van der Waals surface area contributed by atoms with Crippen molar-refractivity contribution in [3.05, 3.63) is 12.7 Å². The molecule has 1 fully saturated rings. The van der Waals surface area contributed by atoms with Crippen LogP contribution in [0.3, 0.4) is 0 Å². The summed E-state index contributed by atoms with van der Waals surface area (Å²) < 4.78 is 0. The van der Waals surface area contributed by atoms with Crippen molar-refractivity contribution in [3.8, 4) is 0 Å². The van der Waals surface area contributed by atoms with Crippen LogP contribution in [0.25, 0.3) is 0 Å². The first-order valence-electron chi connectivity index (χ1n) is 4.99. The fourth-order valence-electron chi connectivity index (χ4n) is 1.67. The van der Waals surface area contributed by atoms with Crippen LogP contribution in [0.4, 0.5) is 0 Å². The Morgan fingerprint density at radius 3 is 3.07 bits per heavy atom. The minimum atomic E-state index is -0.944. The number of aliphatic carboxylic acids is 1. The third-order valence-electron chi connectivity index (χ3n) is 2.43. The number of nitrogens with one attached hydrogen (secondary N) is 1. The first kappa shape index (κ1) is 11.7. The molecule has 1 aliphatic rings. The highest BCUT2D eigenvalue weighted by molar-refractivity contribution is 5.86. The molecule has 0 aromatic rings. The van der Waals surface area contributed by atoms with E-state index in [0.717, 1.165) is 6.42 Å². The molecule has 1 saturated heterocycles. The summed E-state index contributed by atoms with van der Waals surface area (Å²) in [5.41, 5.74) is 0. The molecule has 1 rings (SSSR count). The number of piperazine rings is 1. The van der Waals surface area contributed by atoms with Gasteiger partial charge >= 0.3 is 5.97 Å². The molecule has 1 amide bonds. The summed E-state index contributed by atoms with van der Waals surface area (Å²) >= 11 is 0. The van der Waals surface area contributed by atoms with E-state index in [1.54, 1.807) is 6.08 Å². The maximum Gasteiger partial charge on any atom is 0.305 e. The zero-order valence-corrected chi connectivity index (χ0v) is 8.61. The Balaban J connectivity index is 2.59. The summed E-state index contributed by atoms with van der Waals surface area (Å²) in [6, 6.07) is -0.531. The molecule has 1 unspecified atom stereocenters. The third-order valence-corrected chi connectivity index (χ3v) is 2.43. The number of rotatable bonds is 5. The van der Waals surface area contributed by atoms with E-state index in [4.69, 9.17) is 5.11 Å². The van der Waals surface area contributed by atoms with Gasteiger partial charge in [0, 0.05) is 19.6 Å². The lowest BCUT2D eigenvalue weighted by atomic mass is 10.1. The average Bonchev–Trinajstić information content (AvgIpc) is 2.18. The zero-order chi connectivity index (χ0) is 11.3. The first-order chi connectivity index (χ1) is 7.15. The average molecular weight is 212 g/mol. The standard InChI is InChI=1S/C10H16N2O3/c1-2-3-5-12-6-4-11-10(15)8(12)7-9(13)14/h2,8H,1,3-7H2,(H,11,15)(H,13,14). The van der Waals surface area contributed by atoms with Crippen molar-refractivity contribution >= 4 is 11.9 Å². The van der Waals surface area contributed by atoms with Crippen molar-refractivity contribution < 1.29 is 14.7 Å². The largest absolute Gasteiger partial charge is 0.481 e. The van der Waals surface area contributed by atoms with Crippen molar-refractivity contribution in [1.82, 2.24) is 10.2 Å². The maximum atomic E-state index is 11.5. The Labute approximate surface area is 88.8 Å². The van der Waals surface area contributed by atoms with Crippen LogP contribution in [-0.2, 0) is 9.59 Å². The molecule has 0 radical (unpaired) electrons. The highest BCUT2D eigenvalue weighted by atomic mass is 16.4. The molecule has 0 aliphatic carbocycles. The summed E-state index contributed by atoms with van der Waals surface area (Å²) in [7, 11) is 0. The summed E-state index contributed by atoms with van der Waals surface area (Å²) in [6.07, 6.45) is 2.40.